The molecular formula is C13H16BFN2O2. The number of hydrogen-bond donors (Lipinski definition) is 2. The first-order valence-corrected chi connectivity index (χ1v) is 6.00. The van der Waals surface area contributed by atoms with Gasteiger partial charge < -0.3 is 15.8 Å². The number of nitrogen functional groups attached to an aromatic ring is 1. The van der Waals surface area contributed by atoms with E-state index >= 15 is 0 Å². The Kier molecular flexibility index (Phi) is 5.09. The predicted molar refractivity (Wildman–Crippen MR) is 72.2 cm³/mol. The van der Waals surface area contributed by atoms with Gasteiger partial charge in [0, 0.05) is 12.3 Å². The summed E-state index contributed by atoms with van der Waals surface area (Å²) in [5, 5.41) is 2.53. The fourth-order valence-corrected chi connectivity index (χ4v) is 1.74. The molecule has 1 rings (SSSR count). The molecule has 3 N–H and O–H groups in total. The Bertz CT molecular complexity index is 494. The number of halogens is 1. The van der Waals surface area contributed by atoms with Crippen LogP contribution in [0.15, 0.2) is 18.2 Å². The van der Waals surface area contributed by atoms with Crippen molar-refractivity contribution in [1.82, 2.24) is 5.32 Å². The van der Waals surface area contributed by atoms with Crippen LogP contribution >= 0.6 is 0 Å². The van der Waals surface area contributed by atoms with E-state index in [2.05, 4.69) is 5.32 Å². The molecule has 100 valence electrons. The standard InChI is InChI=1S/C13H16BFN2O2/c1-3-11(18)17-12(13(14)19)7(2)8-4-5-10(16)9(15)6-8/h4-7,12H,3,16H2,1-2H3,(H,17,18)/t7-,12+/m0/s1. The quantitative estimate of drug-likeness (QED) is 0.616. The van der Waals surface area contributed by atoms with Gasteiger partial charge in [-0.3, -0.25) is 4.79 Å². The van der Waals surface area contributed by atoms with Crippen LogP contribution in [-0.2, 0) is 9.59 Å². The number of benzene rings is 1. The van der Waals surface area contributed by atoms with Gasteiger partial charge >= 0.3 is 0 Å². The minimum Gasteiger partial charge on any atom is -0.396 e. The minimum absolute atomic E-state index is 0.0316. The Labute approximate surface area is 113 Å². The molecule has 0 heterocycles. The molecule has 4 nitrogen and oxygen atoms in total. The maximum Gasteiger partial charge on any atom is 0.220 e. The van der Waals surface area contributed by atoms with Gasteiger partial charge in [-0.1, -0.05) is 19.9 Å². The number of nitrogens with two attached hydrogens (primary N) is 1. The molecule has 0 bridgehead atoms. The first-order chi connectivity index (χ1) is 8.86. The number of amides is 1. The molecular weight excluding hydrogens is 246 g/mol. The second-order valence-electron chi connectivity index (χ2n) is 4.37. The average Bonchev–Trinajstić information content (AvgIpc) is 2.37. The van der Waals surface area contributed by atoms with Crippen molar-refractivity contribution in [3.05, 3.63) is 29.6 Å². The Morgan fingerprint density at radius 3 is 2.58 bits per heavy atom. The summed E-state index contributed by atoms with van der Waals surface area (Å²) in [6.07, 6.45) is 0.243. The molecule has 0 aliphatic rings. The minimum atomic E-state index is -0.879. The van der Waals surface area contributed by atoms with Crippen LogP contribution in [0.5, 0.6) is 0 Å². The van der Waals surface area contributed by atoms with Gasteiger partial charge in [0.25, 0.3) is 0 Å². The van der Waals surface area contributed by atoms with Gasteiger partial charge in [0.15, 0.2) is 7.85 Å². The molecule has 1 aromatic carbocycles. The third kappa shape index (κ3) is 3.81. The highest BCUT2D eigenvalue weighted by atomic mass is 19.1. The number of hydrogen-bond acceptors (Lipinski definition) is 3. The molecule has 0 unspecified atom stereocenters. The summed E-state index contributed by atoms with van der Waals surface area (Å²) in [4.78, 5) is 22.8. The van der Waals surface area contributed by atoms with Crippen molar-refractivity contribution in [2.24, 2.45) is 0 Å². The number of nitrogens with one attached hydrogen (secondary N) is 1. The molecule has 2 radical (unpaired) electrons. The van der Waals surface area contributed by atoms with Crippen LogP contribution in [0.1, 0.15) is 31.7 Å². The molecule has 1 amide bonds. The molecule has 6 heteroatoms. The summed E-state index contributed by atoms with van der Waals surface area (Å²) in [6.45, 7) is 3.36. The fourth-order valence-electron chi connectivity index (χ4n) is 1.74. The van der Waals surface area contributed by atoms with E-state index in [1.54, 1.807) is 19.9 Å². The zero-order valence-corrected chi connectivity index (χ0v) is 10.9. The zero-order chi connectivity index (χ0) is 14.6. The normalized spacial score (nSPS) is 13.6. The lowest BCUT2D eigenvalue weighted by molar-refractivity contribution is -0.125. The van der Waals surface area contributed by atoms with Crippen molar-refractivity contribution in [2.45, 2.75) is 32.2 Å². The highest BCUT2D eigenvalue weighted by Gasteiger charge is 2.24. The van der Waals surface area contributed by atoms with Crippen molar-refractivity contribution in [2.75, 3.05) is 5.73 Å². The number of carbonyl (C=O) groups is 2. The second kappa shape index (κ2) is 6.36. The third-order valence-corrected chi connectivity index (χ3v) is 2.99. The second-order valence-corrected chi connectivity index (χ2v) is 4.37. The van der Waals surface area contributed by atoms with E-state index in [9.17, 15) is 14.0 Å². The fraction of sp³-hybridized carbons (Fsp3) is 0.385. The summed E-state index contributed by atoms with van der Waals surface area (Å²) < 4.78 is 13.4. The highest BCUT2D eigenvalue weighted by molar-refractivity contribution is 6.59. The van der Waals surface area contributed by atoms with Crippen LogP contribution in [0.25, 0.3) is 0 Å². The van der Waals surface area contributed by atoms with E-state index < -0.39 is 23.5 Å². The summed E-state index contributed by atoms with van der Waals surface area (Å²) in [5.41, 5.74) is 5.31. The van der Waals surface area contributed by atoms with Gasteiger partial charge in [0.1, 0.15) is 5.82 Å². The van der Waals surface area contributed by atoms with Crippen LogP contribution in [-0.4, -0.2) is 25.5 Å². The maximum atomic E-state index is 13.4. The largest absolute Gasteiger partial charge is 0.396 e. The molecule has 1 aromatic rings. The SMILES string of the molecule is [B]C(=O)[C@H](NC(=O)CC)[C@@H](C)c1ccc(N)c(F)c1. The molecule has 0 fully saturated rings. The van der Waals surface area contributed by atoms with Gasteiger partial charge in [-0.05, 0) is 17.7 Å². The molecule has 2 atom stereocenters. The third-order valence-electron chi connectivity index (χ3n) is 2.99. The van der Waals surface area contributed by atoms with Crippen LogP contribution in [0.2, 0.25) is 0 Å². The zero-order valence-electron chi connectivity index (χ0n) is 10.9. The Morgan fingerprint density at radius 1 is 1.47 bits per heavy atom. The monoisotopic (exact) mass is 262 g/mol. The summed E-state index contributed by atoms with van der Waals surface area (Å²) >= 11 is 0. The lowest BCUT2D eigenvalue weighted by Gasteiger charge is -2.23. The Hall–Kier alpha value is -1.85. The molecule has 0 spiro atoms. The van der Waals surface area contributed by atoms with Crippen molar-refractivity contribution in [3.63, 3.8) is 0 Å². The molecule has 0 saturated carbocycles. The molecule has 0 aliphatic heterocycles. The molecule has 0 aromatic heterocycles. The van der Waals surface area contributed by atoms with Gasteiger partial charge in [-0.2, -0.15) is 0 Å². The van der Waals surface area contributed by atoms with E-state index in [0.29, 0.717) is 5.56 Å². The van der Waals surface area contributed by atoms with Gasteiger partial charge in [-0.15, -0.1) is 0 Å². The van der Waals surface area contributed by atoms with Gasteiger partial charge in [0.05, 0.1) is 17.4 Å². The number of rotatable bonds is 5. The van der Waals surface area contributed by atoms with E-state index in [-0.39, 0.29) is 18.0 Å². The van der Waals surface area contributed by atoms with Crippen LogP contribution in [0.3, 0.4) is 0 Å². The van der Waals surface area contributed by atoms with Crippen molar-refractivity contribution >= 4 is 25.1 Å². The van der Waals surface area contributed by atoms with E-state index in [1.807, 2.05) is 0 Å². The number of carbonyl (C=O) groups excluding carboxylic acids is 2. The lowest BCUT2D eigenvalue weighted by Crippen LogP contribution is -2.44. The Balaban J connectivity index is 2.98. The highest BCUT2D eigenvalue weighted by Crippen LogP contribution is 2.23. The number of anilines is 1. The van der Waals surface area contributed by atoms with Crippen molar-refractivity contribution in [1.29, 1.82) is 0 Å². The Morgan fingerprint density at radius 2 is 2.11 bits per heavy atom. The van der Waals surface area contributed by atoms with Crippen LogP contribution in [0.4, 0.5) is 10.1 Å². The topological polar surface area (TPSA) is 72.2 Å². The van der Waals surface area contributed by atoms with Crippen molar-refractivity contribution < 1.29 is 14.0 Å². The maximum absolute atomic E-state index is 13.4. The van der Waals surface area contributed by atoms with E-state index in [1.165, 1.54) is 12.1 Å². The molecule has 0 aliphatic carbocycles. The first kappa shape index (κ1) is 15.2. The van der Waals surface area contributed by atoms with E-state index in [4.69, 9.17) is 13.6 Å². The van der Waals surface area contributed by atoms with Crippen LogP contribution in [0, 0.1) is 5.82 Å². The summed E-state index contributed by atoms with van der Waals surface area (Å²) in [5.74, 6) is -1.29. The molecule has 19 heavy (non-hydrogen) atoms. The van der Waals surface area contributed by atoms with Gasteiger partial charge in [0.2, 0.25) is 5.91 Å². The van der Waals surface area contributed by atoms with Crippen molar-refractivity contribution in [3.8, 4) is 0 Å². The lowest BCUT2D eigenvalue weighted by atomic mass is 9.83. The van der Waals surface area contributed by atoms with E-state index in [0.717, 1.165) is 0 Å². The average molecular weight is 262 g/mol. The van der Waals surface area contributed by atoms with Crippen LogP contribution < -0.4 is 11.1 Å². The summed E-state index contributed by atoms with van der Waals surface area (Å²) in [6, 6.07) is 3.39. The van der Waals surface area contributed by atoms with Gasteiger partial charge in [-0.25, -0.2) is 4.39 Å². The molecule has 0 saturated heterocycles. The summed E-state index contributed by atoms with van der Waals surface area (Å²) in [7, 11) is 5.27. The smallest absolute Gasteiger partial charge is 0.220 e. The predicted octanol–water partition coefficient (Wildman–Crippen LogP) is 1.10. The first-order valence-electron chi connectivity index (χ1n) is 6.00.